The third-order valence-corrected chi connectivity index (χ3v) is 4.69. The van der Waals surface area contributed by atoms with Crippen LogP contribution >= 0.6 is 11.3 Å². The number of aromatic nitrogens is 1. The fourth-order valence-electron chi connectivity index (χ4n) is 2.50. The zero-order valence-electron chi connectivity index (χ0n) is 14.6. The summed E-state index contributed by atoms with van der Waals surface area (Å²) in [6, 6.07) is 13.4. The highest BCUT2D eigenvalue weighted by Gasteiger charge is 2.14. The van der Waals surface area contributed by atoms with Crippen LogP contribution in [0.15, 0.2) is 53.9 Å². The van der Waals surface area contributed by atoms with E-state index in [1.54, 1.807) is 60.8 Å². The summed E-state index contributed by atoms with van der Waals surface area (Å²) >= 11 is 1.58. The van der Waals surface area contributed by atoms with E-state index in [1.165, 1.54) is 11.0 Å². The fraction of sp³-hybridized carbons (Fsp3) is 0.200. The molecule has 0 aliphatic carbocycles. The maximum absolute atomic E-state index is 13.7. The standard InChI is InChI=1S/C20H19FN2O2S/c1-14-22-17(13-26-14)12-25-18-9-7-15(8-10-18)20(24)23(2)11-16-5-3-4-6-19(16)21/h3-10,13H,11-12H2,1-2H3. The number of aryl methyl sites for hydroxylation is 1. The summed E-state index contributed by atoms with van der Waals surface area (Å²) in [7, 11) is 1.66. The van der Waals surface area contributed by atoms with Crippen LogP contribution in [0.2, 0.25) is 0 Å². The molecule has 0 N–H and O–H groups in total. The van der Waals surface area contributed by atoms with E-state index in [2.05, 4.69) is 4.98 Å². The monoisotopic (exact) mass is 370 g/mol. The summed E-state index contributed by atoms with van der Waals surface area (Å²) in [5.74, 6) is 0.187. The molecule has 134 valence electrons. The first-order valence-corrected chi connectivity index (χ1v) is 9.03. The van der Waals surface area contributed by atoms with Crippen LogP contribution in [-0.2, 0) is 13.2 Å². The van der Waals surface area contributed by atoms with Crippen molar-refractivity contribution in [1.82, 2.24) is 9.88 Å². The molecule has 0 aliphatic rings. The van der Waals surface area contributed by atoms with Crippen LogP contribution in [0.3, 0.4) is 0 Å². The van der Waals surface area contributed by atoms with Crippen molar-refractivity contribution < 1.29 is 13.9 Å². The van der Waals surface area contributed by atoms with Crippen LogP contribution in [0.1, 0.15) is 26.6 Å². The number of thiazole rings is 1. The summed E-state index contributed by atoms with van der Waals surface area (Å²) < 4.78 is 19.4. The highest BCUT2D eigenvalue weighted by Crippen LogP contribution is 2.17. The molecule has 0 saturated heterocycles. The molecule has 0 radical (unpaired) electrons. The van der Waals surface area contributed by atoms with E-state index >= 15 is 0 Å². The predicted molar refractivity (Wildman–Crippen MR) is 99.8 cm³/mol. The van der Waals surface area contributed by atoms with Gasteiger partial charge in [-0.15, -0.1) is 11.3 Å². The van der Waals surface area contributed by atoms with Gasteiger partial charge in [0.2, 0.25) is 0 Å². The van der Waals surface area contributed by atoms with Crippen LogP contribution in [-0.4, -0.2) is 22.8 Å². The van der Waals surface area contributed by atoms with Gasteiger partial charge in [-0.05, 0) is 37.3 Å². The minimum Gasteiger partial charge on any atom is -0.487 e. The van der Waals surface area contributed by atoms with E-state index in [0.29, 0.717) is 23.5 Å². The maximum Gasteiger partial charge on any atom is 0.253 e. The maximum atomic E-state index is 13.7. The lowest BCUT2D eigenvalue weighted by Crippen LogP contribution is -2.26. The Morgan fingerprint density at radius 2 is 1.92 bits per heavy atom. The molecule has 0 bridgehead atoms. The van der Waals surface area contributed by atoms with Crippen LogP contribution in [0.4, 0.5) is 4.39 Å². The molecule has 6 heteroatoms. The van der Waals surface area contributed by atoms with Crippen molar-refractivity contribution >= 4 is 17.2 Å². The number of carbonyl (C=O) groups excluding carboxylic acids is 1. The summed E-state index contributed by atoms with van der Waals surface area (Å²) in [5.41, 5.74) is 1.90. The average Bonchev–Trinajstić information content (AvgIpc) is 3.07. The van der Waals surface area contributed by atoms with Crippen molar-refractivity contribution in [1.29, 1.82) is 0 Å². The van der Waals surface area contributed by atoms with Crippen LogP contribution in [0, 0.1) is 12.7 Å². The number of rotatable bonds is 6. The molecule has 0 unspecified atom stereocenters. The highest BCUT2D eigenvalue weighted by atomic mass is 32.1. The van der Waals surface area contributed by atoms with Gasteiger partial charge in [-0.3, -0.25) is 4.79 Å². The van der Waals surface area contributed by atoms with Gasteiger partial charge in [-0.1, -0.05) is 18.2 Å². The number of halogens is 1. The Morgan fingerprint density at radius 3 is 2.58 bits per heavy atom. The third kappa shape index (κ3) is 4.46. The molecule has 0 aliphatic heterocycles. The van der Waals surface area contributed by atoms with E-state index in [9.17, 15) is 9.18 Å². The molecular weight excluding hydrogens is 351 g/mol. The molecular formula is C20H19FN2O2S. The molecule has 1 amide bonds. The largest absolute Gasteiger partial charge is 0.487 e. The molecule has 3 rings (SSSR count). The van der Waals surface area contributed by atoms with Gasteiger partial charge in [0.1, 0.15) is 18.2 Å². The van der Waals surface area contributed by atoms with Crippen molar-refractivity contribution in [2.75, 3.05) is 7.05 Å². The second-order valence-electron chi connectivity index (χ2n) is 5.92. The molecule has 2 aromatic carbocycles. The van der Waals surface area contributed by atoms with Gasteiger partial charge in [0.05, 0.1) is 10.7 Å². The first-order chi connectivity index (χ1) is 12.5. The number of benzene rings is 2. The lowest BCUT2D eigenvalue weighted by molar-refractivity contribution is 0.0784. The minimum atomic E-state index is -0.312. The van der Waals surface area contributed by atoms with Crippen LogP contribution in [0.5, 0.6) is 5.75 Å². The molecule has 26 heavy (non-hydrogen) atoms. The van der Waals surface area contributed by atoms with Crippen molar-refractivity contribution in [3.05, 3.63) is 81.6 Å². The number of amides is 1. The van der Waals surface area contributed by atoms with E-state index in [1.807, 2.05) is 12.3 Å². The van der Waals surface area contributed by atoms with Gasteiger partial charge < -0.3 is 9.64 Å². The van der Waals surface area contributed by atoms with Crippen molar-refractivity contribution in [2.45, 2.75) is 20.1 Å². The molecule has 0 atom stereocenters. The van der Waals surface area contributed by atoms with Gasteiger partial charge >= 0.3 is 0 Å². The van der Waals surface area contributed by atoms with Gasteiger partial charge in [0.25, 0.3) is 5.91 Å². The van der Waals surface area contributed by atoms with Crippen molar-refractivity contribution in [3.8, 4) is 5.75 Å². The predicted octanol–water partition coefficient (Wildman–Crippen LogP) is 4.44. The second-order valence-corrected chi connectivity index (χ2v) is 6.99. The topological polar surface area (TPSA) is 42.4 Å². The van der Waals surface area contributed by atoms with Gasteiger partial charge in [-0.2, -0.15) is 0 Å². The molecule has 3 aromatic rings. The Labute approximate surface area is 155 Å². The Bertz CT molecular complexity index is 893. The summed E-state index contributed by atoms with van der Waals surface area (Å²) in [6.45, 7) is 2.56. The normalized spacial score (nSPS) is 10.6. The Balaban J connectivity index is 1.60. The zero-order valence-corrected chi connectivity index (χ0v) is 15.4. The highest BCUT2D eigenvalue weighted by molar-refractivity contribution is 7.09. The number of carbonyl (C=O) groups is 1. The number of ether oxygens (including phenoxy) is 1. The number of hydrogen-bond acceptors (Lipinski definition) is 4. The van der Waals surface area contributed by atoms with E-state index < -0.39 is 0 Å². The summed E-state index contributed by atoms with van der Waals surface area (Å²) in [6.07, 6.45) is 0. The third-order valence-electron chi connectivity index (χ3n) is 3.87. The lowest BCUT2D eigenvalue weighted by atomic mass is 10.1. The first-order valence-electron chi connectivity index (χ1n) is 8.15. The van der Waals surface area contributed by atoms with Crippen LogP contribution < -0.4 is 4.74 Å². The van der Waals surface area contributed by atoms with E-state index in [0.717, 1.165) is 10.7 Å². The lowest BCUT2D eigenvalue weighted by Gasteiger charge is -2.18. The summed E-state index contributed by atoms with van der Waals surface area (Å²) in [5, 5.41) is 2.97. The number of nitrogens with zero attached hydrogens (tertiary/aromatic N) is 2. The van der Waals surface area contributed by atoms with Crippen molar-refractivity contribution in [3.63, 3.8) is 0 Å². The Kier molecular flexibility index (Phi) is 5.63. The van der Waals surface area contributed by atoms with Crippen molar-refractivity contribution in [2.24, 2.45) is 0 Å². The second kappa shape index (κ2) is 8.10. The zero-order chi connectivity index (χ0) is 18.5. The molecule has 1 heterocycles. The van der Waals surface area contributed by atoms with Gasteiger partial charge in [0, 0.05) is 30.1 Å². The molecule has 0 fully saturated rings. The van der Waals surface area contributed by atoms with E-state index in [-0.39, 0.29) is 18.3 Å². The average molecular weight is 370 g/mol. The molecule has 0 spiro atoms. The molecule has 1 aromatic heterocycles. The SMILES string of the molecule is Cc1nc(COc2ccc(C(=O)N(C)Cc3ccccc3F)cc2)cs1. The molecule has 0 saturated carbocycles. The smallest absolute Gasteiger partial charge is 0.253 e. The fourth-order valence-corrected chi connectivity index (χ4v) is 3.10. The summed E-state index contributed by atoms with van der Waals surface area (Å²) in [4.78, 5) is 18.3. The quantitative estimate of drug-likeness (QED) is 0.644. The van der Waals surface area contributed by atoms with Gasteiger partial charge in [-0.25, -0.2) is 9.37 Å². The van der Waals surface area contributed by atoms with Gasteiger partial charge in [0.15, 0.2) is 0 Å². The number of hydrogen-bond donors (Lipinski definition) is 0. The molecule has 4 nitrogen and oxygen atoms in total. The first kappa shape index (κ1) is 18.1. The van der Waals surface area contributed by atoms with E-state index in [4.69, 9.17) is 4.74 Å². The van der Waals surface area contributed by atoms with Crippen LogP contribution in [0.25, 0.3) is 0 Å². The Morgan fingerprint density at radius 1 is 1.19 bits per heavy atom. The minimum absolute atomic E-state index is 0.171. The Hall–Kier alpha value is -2.73.